The maximum absolute atomic E-state index is 12.5. The van der Waals surface area contributed by atoms with Gasteiger partial charge in [0.05, 0.1) is 17.2 Å². The molecular formula is C22H26BrNO4. The molecule has 2 aromatic rings. The molecule has 1 fully saturated rings. The zero-order valence-electron chi connectivity index (χ0n) is 16.2. The lowest BCUT2D eigenvalue weighted by Gasteiger charge is -2.13. The predicted molar refractivity (Wildman–Crippen MR) is 113 cm³/mol. The molecule has 2 aromatic carbocycles. The van der Waals surface area contributed by atoms with Crippen LogP contribution in [-0.2, 0) is 4.74 Å². The van der Waals surface area contributed by atoms with Crippen molar-refractivity contribution in [2.24, 2.45) is 5.92 Å². The molecule has 6 heteroatoms. The molecule has 1 saturated heterocycles. The largest absolute Gasteiger partial charge is 0.492 e. The topological polar surface area (TPSA) is 56.8 Å². The Morgan fingerprint density at radius 1 is 1.21 bits per heavy atom. The van der Waals surface area contributed by atoms with Crippen LogP contribution in [0.5, 0.6) is 11.5 Å². The van der Waals surface area contributed by atoms with Crippen molar-refractivity contribution in [3.05, 3.63) is 52.5 Å². The Labute approximate surface area is 174 Å². The third kappa shape index (κ3) is 5.97. The molecule has 1 atom stereocenters. The highest BCUT2D eigenvalue weighted by Gasteiger charge is 2.16. The van der Waals surface area contributed by atoms with Crippen LogP contribution in [0.3, 0.4) is 0 Å². The first-order valence-corrected chi connectivity index (χ1v) is 10.4. The third-order valence-electron chi connectivity index (χ3n) is 4.34. The van der Waals surface area contributed by atoms with E-state index in [9.17, 15) is 4.79 Å². The van der Waals surface area contributed by atoms with Crippen molar-refractivity contribution >= 4 is 27.5 Å². The number of ether oxygens (including phenoxy) is 3. The molecule has 0 radical (unpaired) electrons. The van der Waals surface area contributed by atoms with Gasteiger partial charge in [0.2, 0.25) is 0 Å². The Hall–Kier alpha value is -2.05. The summed E-state index contributed by atoms with van der Waals surface area (Å²) < 4.78 is 17.8. The van der Waals surface area contributed by atoms with E-state index in [0.717, 1.165) is 35.4 Å². The van der Waals surface area contributed by atoms with Gasteiger partial charge in [-0.25, -0.2) is 0 Å². The van der Waals surface area contributed by atoms with Crippen LogP contribution in [0, 0.1) is 5.92 Å². The van der Waals surface area contributed by atoms with Crippen molar-refractivity contribution < 1.29 is 19.0 Å². The van der Waals surface area contributed by atoms with Gasteiger partial charge in [-0.1, -0.05) is 13.8 Å². The van der Waals surface area contributed by atoms with Crippen LogP contribution in [0.15, 0.2) is 46.9 Å². The first-order chi connectivity index (χ1) is 13.5. The third-order valence-corrected chi connectivity index (χ3v) is 4.96. The average molecular weight is 448 g/mol. The fourth-order valence-corrected chi connectivity index (χ4v) is 3.31. The van der Waals surface area contributed by atoms with Crippen LogP contribution in [-0.4, -0.2) is 31.8 Å². The molecule has 1 aliphatic rings. The van der Waals surface area contributed by atoms with Gasteiger partial charge >= 0.3 is 0 Å². The smallest absolute Gasteiger partial charge is 0.255 e. The van der Waals surface area contributed by atoms with Gasteiger partial charge in [0.15, 0.2) is 0 Å². The predicted octanol–water partition coefficient (Wildman–Crippen LogP) is 5.29. The Morgan fingerprint density at radius 3 is 2.64 bits per heavy atom. The summed E-state index contributed by atoms with van der Waals surface area (Å²) in [5.41, 5.74) is 1.27. The summed E-state index contributed by atoms with van der Waals surface area (Å²) in [6.45, 7) is 6.19. The Balaban J connectivity index is 1.54. The minimum absolute atomic E-state index is 0.177. The zero-order chi connectivity index (χ0) is 19.9. The number of halogens is 1. The molecule has 1 amide bonds. The Kier molecular flexibility index (Phi) is 7.34. The molecule has 1 aliphatic heterocycles. The summed E-state index contributed by atoms with van der Waals surface area (Å²) in [6, 6.07) is 12.7. The molecule has 5 nitrogen and oxygen atoms in total. The fourth-order valence-electron chi connectivity index (χ4n) is 2.82. The zero-order valence-corrected chi connectivity index (χ0v) is 17.8. The molecular weight excluding hydrogens is 422 g/mol. The highest BCUT2D eigenvalue weighted by Crippen LogP contribution is 2.27. The molecule has 1 N–H and O–H groups in total. The van der Waals surface area contributed by atoms with Crippen molar-refractivity contribution in [1.29, 1.82) is 0 Å². The summed E-state index contributed by atoms with van der Waals surface area (Å²) >= 11 is 3.47. The summed E-state index contributed by atoms with van der Waals surface area (Å²) in [5.74, 6) is 1.76. The van der Waals surface area contributed by atoms with Crippen LogP contribution < -0.4 is 14.8 Å². The highest BCUT2D eigenvalue weighted by atomic mass is 79.9. The molecule has 3 rings (SSSR count). The summed E-state index contributed by atoms with van der Waals surface area (Å²) in [4.78, 5) is 12.5. The molecule has 1 heterocycles. The number of hydrogen-bond acceptors (Lipinski definition) is 4. The monoisotopic (exact) mass is 447 g/mol. The van der Waals surface area contributed by atoms with E-state index in [1.807, 2.05) is 30.3 Å². The normalized spacial score (nSPS) is 16.2. The molecule has 0 aromatic heterocycles. The maximum atomic E-state index is 12.5. The van der Waals surface area contributed by atoms with Crippen molar-refractivity contribution in [3.63, 3.8) is 0 Å². The van der Waals surface area contributed by atoms with Gasteiger partial charge < -0.3 is 19.5 Å². The number of rotatable bonds is 8. The van der Waals surface area contributed by atoms with E-state index >= 15 is 0 Å². The molecule has 0 aliphatic carbocycles. The SMILES string of the molecule is CC(C)COc1ccc(C(=O)Nc2ccc(OCC3CCCO3)cc2)cc1Br. The lowest BCUT2D eigenvalue weighted by atomic mass is 10.2. The van der Waals surface area contributed by atoms with Crippen LogP contribution >= 0.6 is 15.9 Å². The molecule has 0 saturated carbocycles. The highest BCUT2D eigenvalue weighted by molar-refractivity contribution is 9.10. The summed E-state index contributed by atoms with van der Waals surface area (Å²) in [5, 5.41) is 2.90. The van der Waals surface area contributed by atoms with Crippen LogP contribution in [0.4, 0.5) is 5.69 Å². The first kappa shape index (κ1) is 20.7. The van der Waals surface area contributed by atoms with Gasteiger partial charge in [0.25, 0.3) is 5.91 Å². The van der Waals surface area contributed by atoms with Crippen LogP contribution in [0.25, 0.3) is 0 Å². The lowest BCUT2D eigenvalue weighted by Crippen LogP contribution is -2.16. The number of carbonyl (C=O) groups excluding carboxylic acids is 1. The van der Waals surface area contributed by atoms with Gasteiger partial charge in [-0.05, 0) is 77.2 Å². The maximum Gasteiger partial charge on any atom is 0.255 e. The fraction of sp³-hybridized carbons (Fsp3) is 0.409. The van der Waals surface area contributed by atoms with Gasteiger partial charge in [-0.3, -0.25) is 4.79 Å². The molecule has 1 unspecified atom stereocenters. The number of carbonyl (C=O) groups is 1. The lowest BCUT2D eigenvalue weighted by molar-refractivity contribution is 0.0679. The first-order valence-electron chi connectivity index (χ1n) is 9.59. The van der Waals surface area contributed by atoms with E-state index in [-0.39, 0.29) is 12.0 Å². The van der Waals surface area contributed by atoms with Gasteiger partial charge in [-0.2, -0.15) is 0 Å². The van der Waals surface area contributed by atoms with E-state index in [2.05, 4.69) is 35.1 Å². The van der Waals surface area contributed by atoms with Gasteiger partial charge in [0.1, 0.15) is 18.1 Å². The van der Waals surface area contributed by atoms with E-state index in [1.54, 1.807) is 12.1 Å². The molecule has 150 valence electrons. The van der Waals surface area contributed by atoms with Crippen molar-refractivity contribution in [2.75, 3.05) is 25.1 Å². The van der Waals surface area contributed by atoms with E-state index < -0.39 is 0 Å². The minimum atomic E-state index is -0.177. The second-order valence-corrected chi connectivity index (χ2v) is 8.13. The average Bonchev–Trinajstić information content (AvgIpc) is 3.20. The number of anilines is 1. The van der Waals surface area contributed by atoms with Crippen molar-refractivity contribution in [2.45, 2.75) is 32.8 Å². The number of amides is 1. The number of nitrogens with one attached hydrogen (secondary N) is 1. The Morgan fingerprint density at radius 2 is 2.00 bits per heavy atom. The molecule has 0 spiro atoms. The second-order valence-electron chi connectivity index (χ2n) is 7.27. The van der Waals surface area contributed by atoms with Crippen LogP contribution in [0.2, 0.25) is 0 Å². The van der Waals surface area contributed by atoms with Crippen molar-refractivity contribution in [3.8, 4) is 11.5 Å². The van der Waals surface area contributed by atoms with E-state index in [1.165, 1.54) is 0 Å². The van der Waals surface area contributed by atoms with E-state index in [0.29, 0.717) is 30.4 Å². The minimum Gasteiger partial charge on any atom is -0.492 e. The molecule has 28 heavy (non-hydrogen) atoms. The number of hydrogen-bond donors (Lipinski definition) is 1. The Bertz CT molecular complexity index is 786. The van der Waals surface area contributed by atoms with Crippen molar-refractivity contribution in [1.82, 2.24) is 0 Å². The van der Waals surface area contributed by atoms with Gasteiger partial charge in [-0.15, -0.1) is 0 Å². The van der Waals surface area contributed by atoms with E-state index in [4.69, 9.17) is 14.2 Å². The summed E-state index contributed by atoms with van der Waals surface area (Å²) in [7, 11) is 0. The molecule has 0 bridgehead atoms. The number of benzene rings is 2. The quantitative estimate of drug-likeness (QED) is 0.596. The standard InChI is InChI=1S/C22H26BrNO4/c1-15(2)13-28-21-10-5-16(12-20(21)23)22(25)24-17-6-8-18(9-7-17)27-14-19-4-3-11-26-19/h5-10,12,15,19H,3-4,11,13-14H2,1-2H3,(H,24,25). The second kappa shape index (κ2) is 9.94. The summed E-state index contributed by atoms with van der Waals surface area (Å²) in [6.07, 6.45) is 2.33. The van der Waals surface area contributed by atoms with Crippen LogP contribution in [0.1, 0.15) is 37.0 Å². The van der Waals surface area contributed by atoms with Gasteiger partial charge in [0, 0.05) is 17.9 Å².